The highest BCUT2D eigenvalue weighted by Gasteiger charge is 2.30. The summed E-state index contributed by atoms with van der Waals surface area (Å²) in [6.45, 7) is 11.8. The average molecular weight is 1380 g/mol. The van der Waals surface area contributed by atoms with Crippen LogP contribution in [0.2, 0.25) is 0 Å². The zero-order valence-corrected chi connectivity index (χ0v) is 63.2. The summed E-state index contributed by atoms with van der Waals surface area (Å²) in [6.07, 6.45) is 51.6. The second kappa shape index (κ2) is 65.7. The van der Waals surface area contributed by atoms with Gasteiger partial charge in [0.1, 0.15) is 19.3 Å². The number of esters is 4. The van der Waals surface area contributed by atoms with Crippen LogP contribution in [-0.4, -0.2) is 96.7 Å². The van der Waals surface area contributed by atoms with E-state index in [0.717, 1.165) is 108 Å². The Labute approximate surface area is 575 Å². The van der Waals surface area contributed by atoms with Gasteiger partial charge in [0, 0.05) is 25.7 Å². The number of phosphoric acid groups is 2. The standard InChI is InChI=1S/C75H146O17P2/c1-8-9-10-11-12-13-14-15-18-22-25-28-34-42-49-56-72(77)85-62-70(91-74(79)58-51-44-35-29-26-23-20-17-16-19-21-24-27-32-39-46-53-66(2)3)64-89-93(81,82)87-60-69(76)61-88-94(83,84)90-65-71(63-86-73(78)57-50-43-38-37-41-48-55-68(6)7)92-75(80)59-52-45-36-31-30-33-40-47-54-67(4)5/h66-71,76H,8-65H2,1-7H3,(H,81,82)(H,83,84)/t69-,70-,71-/m1/s1. The van der Waals surface area contributed by atoms with Crippen molar-refractivity contribution in [3.63, 3.8) is 0 Å². The molecule has 0 aliphatic rings. The first kappa shape index (κ1) is 92.1. The predicted octanol–water partition coefficient (Wildman–Crippen LogP) is 21.8. The summed E-state index contributed by atoms with van der Waals surface area (Å²) in [5.74, 6) is 0.0846. The molecule has 0 aromatic rings. The molecule has 0 bridgehead atoms. The van der Waals surface area contributed by atoms with Crippen LogP contribution in [-0.2, 0) is 65.4 Å². The van der Waals surface area contributed by atoms with Crippen molar-refractivity contribution in [2.75, 3.05) is 39.6 Å². The number of carbonyl (C=O) groups is 4. The molecule has 0 amide bonds. The van der Waals surface area contributed by atoms with Gasteiger partial charge in [-0.1, -0.05) is 331 Å². The molecule has 5 atom stereocenters. The maximum absolute atomic E-state index is 13.1. The minimum atomic E-state index is -4.96. The zero-order valence-electron chi connectivity index (χ0n) is 61.4. The fourth-order valence-corrected chi connectivity index (χ4v) is 13.0. The van der Waals surface area contributed by atoms with Gasteiger partial charge in [0.2, 0.25) is 0 Å². The predicted molar refractivity (Wildman–Crippen MR) is 381 cm³/mol. The molecule has 0 heterocycles. The van der Waals surface area contributed by atoms with E-state index in [1.165, 1.54) is 186 Å². The van der Waals surface area contributed by atoms with E-state index in [1.54, 1.807) is 0 Å². The number of unbranched alkanes of at least 4 members (excludes halogenated alkanes) is 41. The maximum Gasteiger partial charge on any atom is 0.472 e. The number of hydrogen-bond acceptors (Lipinski definition) is 15. The van der Waals surface area contributed by atoms with Gasteiger partial charge in [0.15, 0.2) is 12.2 Å². The van der Waals surface area contributed by atoms with Crippen LogP contribution in [0.4, 0.5) is 0 Å². The van der Waals surface area contributed by atoms with Crippen LogP contribution in [0.1, 0.15) is 382 Å². The van der Waals surface area contributed by atoms with Crippen LogP contribution < -0.4 is 0 Å². The number of hydrogen-bond donors (Lipinski definition) is 3. The van der Waals surface area contributed by atoms with Gasteiger partial charge in [-0.3, -0.25) is 37.3 Å². The molecule has 0 aromatic carbocycles. The Morgan fingerprint density at radius 2 is 0.489 bits per heavy atom. The summed E-state index contributed by atoms with van der Waals surface area (Å²) in [4.78, 5) is 72.7. The molecule has 94 heavy (non-hydrogen) atoms. The average Bonchev–Trinajstić information content (AvgIpc) is 1.49. The van der Waals surface area contributed by atoms with Crippen molar-refractivity contribution in [1.29, 1.82) is 0 Å². The van der Waals surface area contributed by atoms with Crippen molar-refractivity contribution < 1.29 is 80.2 Å². The molecule has 0 aromatic heterocycles. The lowest BCUT2D eigenvalue weighted by Gasteiger charge is -2.21. The first-order valence-corrected chi connectivity index (χ1v) is 41.8. The van der Waals surface area contributed by atoms with Gasteiger partial charge in [-0.2, -0.15) is 0 Å². The molecule has 0 aliphatic carbocycles. The van der Waals surface area contributed by atoms with Gasteiger partial charge >= 0.3 is 39.5 Å². The highest BCUT2D eigenvalue weighted by Crippen LogP contribution is 2.45. The summed E-state index contributed by atoms with van der Waals surface area (Å²) >= 11 is 0. The third-order valence-corrected chi connectivity index (χ3v) is 19.3. The number of rotatable bonds is 73. The number of ether oxygens (including phenoxy) is 4. The van der Waals surface area contributed by atoms with E-state index in [-0.39, 0.29) is 25.7 Å². The summed E-state index contributed by atoms with van der Waals surface area (Å²) in [5.41, 5.74) is 0. The minimum absolute atomic E-state index is 0.103. The molecule has 0 aliphatic heterocycles. The maximum atomic E-state index is 13.1. The first-order chi connectivity index (χ1) is 45.2. The van der Waals surface area contributed by atoms with Gasteiger partial charge in [0.05, 0.1) is 26.4 Å². The number of aliphatic hydroxyl groups excluding tert-OH is 1. The van der Waals surface area contributed by atoms with Crippen LogP contribution >= 0.6 is 15.6 Å². The molecule has 0 radical (unpaired) electrons. The molecular formula is C75H146O17P2. The monoisotopic (exact) mass is 1380 g/mol. The highest BCUT2D eigenvalue weighted by atomic mass is 31.2. The highest BCUT2D eigenvalue weighted by molar-refractivity contribution is 7.47. The third-order valence-electron chi connectivity index (χ3n) is 17.4. The Kier molecular flexibility index (Phi) is 64.3. The summed E-state index contributed by atoms with van der Waals surface area (Å²) in [5, 5.41) is 10.6. The van der Waals surface area contributed by atoms with Crippen LogP contribution in [0.25, 0.3) is 0 Å². The molecule has 3 N–H and O–H groups in total. The molecule has 2 unspecified atom stereocenters. The quantitative estimate of drug-likeness (QED) is 0.0222. The Hall–Kier alpha value is -1.94. The van der Waals surface area contributed by atoms with E-state index in [9.17, 15) is 43.2 Å². The van der Waals surface area contributed by atoms with Crippen LogP contribution in [0.5, 0.6) is 0 Å². The van der Waals surface area contributed by atoms with Gasteiger partial charge in [-0.15, -0.1) is 0 Å². The first-order valence-electron chi connectivity index (χ1n) is 38.8. The SMILES string of the molecule is CCCCCCCCCCCCCCCCCC(=O)OC[C@H](COP(=O)(O)OC[C@@H](O)COP(=O)(O)OC[C@@H](COC(=O)CCCCCCCCC(C)C)OC(=O)CCCCCCCCCCC(C)C)OC(=O)CCCCCCCCCCCCCCCCCCC(C)C. The summed E-state index contributed by atoms with van der Waals surface area (Å²) < 4.78 is 68.4. The largest absolute Gasteiger partial charge is 0.472 e. The van der Waals surface area contributed by atoms with E-state index in [2.05, 4.69) is 48.5 Å². The van der Waals surface area contributed by atoms with Crippen molar-refractivity contribution in [3.8, 4) is 0 Å². The minimum Gasteiger partial charge on any atom is -0.462 e. The van der Waals surface area contributed by atoms with Gasteiger partial charge in [-0.05, 0) is 43.4 Å². The molecule has 0 rings (SSSR count). The van der Waals surface area contributed by atoms with Crippen LogP contribution in [0, 0.1) is 17.8 Å². The van der Waals surface area contributed by atoms with E-state index in [4.69, 9.17) is 37.0 Å². The lowest BCUT2D eigenvalue weighted by atomic mass is 10.0. The third kappa shape index (κ3) is 68.6. The molecule has 0 saturated carbocycles. The Bertz CT molecular complexity index is 1840. The topological polar surface area (TPSA) is 237 Å². The van der Waals surface area contributed by atoms with Gasteiger partial charge in [-0.25, -0.2) is 9.13 Å². The molecule has 0 fully saturated rings. The number of carbonyl (C=O) groups excluding carboxylic acids is 4. The Morgan fingerprint density at radius 1 is 0.287 bits per heavy atom. The van der Waals surface area contributed by atoms with Crippen molar-refractivity contribution >= 4 is 39.5 Å². The lowest BCUT2D eigenvalue weighted by Crippen LogP contribution is -2.30. The molecule has 0 spiro atoms. The van der Waals surface area contributed by atoms with E-state index in [1.807, 2.05) is 0 Å². The van der Waals surface area contributed by atoms with E-state index in [0.29, 0.717) is 31.6 Å². The lowest BCUT2D eigenvalue weighted by molar-refractivity contribution is -0.161. The normalized spacial score (nSPS) is 14.1. The second-order valence-electron chi connectivity index (χ2n) is 28.5. The smallest absolute Gasteiger partial charge is 0.462 e. The van der Waals surface area contributed by atoms with Gasteiger partial charge < -0.3 is 33.8 Å². The fraction of sp³-hybridized carbons (Fsp3) is 0.947. The van der Waals surface area contributed by atoms with E-state index < -0.39 is 97.5 Å². The molecule has 19 heteroatoms. The van der Waals surface area contributed by atoms with Gasteiger partial charge in [0.25, 0.3) is 0 Å². The van der Waals surface area contributed by atoms with E-state index >= 15 is 0 Å². The Balaban J connectivity index is 5.22. The summed E-state index contributed by atoms with van der Waals surface area (Å²) in [7, 11) is -9.91. The zero-order chi connectivity index (χ0) is 69.4. The molecule has 17 nitrogen and oxygen atoms in total. The molecular weight excluding hydrogens is 1230 g/mol. The summed E-state index contributed by atoms with van der Waals surface area (Å²) in [6, 6.07) is 0. The number of phosphoric ester groups is 2. The Morgan fingerprint density at radius 3 is 0.723 bits per heavy atom. The van der Waals surface area contributed by atoms with Crippen LogP contribution in [0.15, 0.2) is 0 Å². The van der Waals surface area contributed by atoms with Crippen molar-refractivity contribution in [2.24, 2.45) is 17.8 Å². The molecule has 0 saturated heterocycles. The fourth-order valence-electron chi connectivity index (χ4n) is 11.4. The van der Waals surface area contributed by atoms with Crippen LogP contribution in [0.3, 0.4) is 0 Å². The number of aliphatic hydroxyl groups is 1. The second-order valence-corrected chi connectivity index (χ2v) is 31.4. The molecule has 558 valence electrons. The van der Waals surface area contributed by atoms with Crippen molar-refractivity contribution in [1.82, 2.24) is 0 Å². The van der Waals surface area contributed by atoms with Crippen molar-refractivity contribution in [2.45, 2.75) is 401 Å². The van der Waals surface area contributed by atoms with Crippen molar-refractivity contribution in [3.05, 3.63) is 0 Å².